The van der Waals surface area contributed by atoms with Crippen LogP contribution >= 0.6 is 0 Å². The Morgan fingerprint density at radius 3 is 2.00 bits per heavy atom. The maximum absolute atomic E-state index is 11.5. The third kappa shape index (κ3) is 5.99. The zero-order chi connectivity index (χ0) is 14.6. The van der Waals surface area contributed by atoms with Crippen LogP contribution in [0.1, 0.15) is 68.2 Å². The van der Waals surface area contributed by atoms with Gasteiger partial charge in [0, 0.05) is 12.0 Å². The summed E-state index contributed by atoms with van der Waals surface area (Å²) in [5.74, 6) is 0.894. The lowest BCUT2D eigenvalue weighted by Gasteiger charge is -2.30. The largest absolute Gasteiger partial charge is 0.378 e. The minimum atomic E-state index is -0.271. The van der Waals surface area contributed by atoms with Crippen LogP contribution in [-0.2, 0) is 9.53 Å². The van der Waals surface area contributed by atoms with Crippen molar-refractivity contribution >= 4 is 5.78 Å². The zero-order valence-corrected chi connectivity index (χ0v) is 13.6. The number of hydrogen-bond acceptors (Lipinski definition) is 2. The smallest absolute Gasteiger partial charge is 0.135 e. The number of ketones is 1. The van der Waals surface area contributed by atoms with Crippen LogP contribution in [0.5, 0.6) is 0 Å². The van der Waals surface area contributed by atoms with Crippen LogP contribution in [0.3, 0.4) is 0 Å². The Labute approximate surface area is 113 Å². The molecule has 2 nitrogen and oxygen atoms in total. The van der Waals surface area contributed by atoms with Crippen LogP contribution < -0.4 is 0 Å². The van der Waals surface area contributed by atoms with E-state index >= 15 is 0 Å². The summed E-state index contributed by atoms with van der Waals surface area (Å²) in [4.78, 5) is 11.5. The van der Waals surface area contributed by atoms with Gasteiger partial charge in [-0.1, -0.05) is 41.5 Å². The van der Waals surface area contributed by atoms with Gasteiger partial charge in [-0.3, -0.25) is 4.79 Å². The fourth-order valence-corrected chi connectivity index (χ4v) is 1.73. The highest BCUT2D eigenvalue weighted by Crippen LogP contribution is 2.30. The maximum atomic E-state index is 11.5. The summed E-state index contributed by atoms with van der Waals surface area (Å²) in [6.07, 6.45) is 2.01. The van der Waals surface area contributed by atoms with Gasteiger partial charge in [0.1, 0.15) is 5.78 Å². The SMILES string of the molecule is CC(=O)C(C)(C)CC(C)OCCC(C)(C)C(C)C. The second kappa shape index (κ2) is 6.70. The molecule has 1 atom stereocenters. The Balaban J connectivity index is 4.06. The van der Waals surface area contributed by atoms with E-state index in [1.807, 2.05) is 13.8 Å². The number of ether oxygens (including phenoxy) is 1. The number of Topliss-reactive ketones (excluding diaryl/α,β-unsaturated/α-hetero) is 1. The summed E-state index contributed by atoms with van der Waals surface area (Å²) in [5.41, 5.74) is 0.0444. The fraction of sp³-hybridized carbons (Fsp3) is 0.938. The Morgan fingerprint density at radius 1 is 1.11 bits per heavy atom. The number of hydrogen-bond donors (Lipinski definition) is 0. The van der Waals surface area contributed by atoms with Gasteiger partial charge in [0.25, 0.3) is 0 Å². The first-order chi connectivity index (χ1) is 7.99. The first-order valence-electron chi connectivity index (χ1n) is 7.11. The molecule has 18 heavy (non-hydrogen) atoms. The summed E-state index contributed by atoms with van der Waals surface area (Å²) in [6, 6.07) is 0. The van der Waals surface area contributed by atoms with Crippen molar-refractivity contribution in [3.8, 4) is 0 Å². The summed E-state index contributed by atoms with van der Waals surface area (Å²) in [5, 5.41) is 0. The molecule has 2 heteroatoms. The molecule has 108 valence electrons. The quantitative estimate of drug-likeness (QED) is 0.640. The average Bonchev–Trinajstić information content (AvgIpc) is 2.15. The normalized spacial score (nSPS) is 14.9. The summed E-state index contributed by atoms with van der Waals surface area (Å²) < 4.78 is 5.86. The van der Waals surface area contributed by atoms with Crippen molar-refractivity contribution < 1.29 is 9.53 Å². The van der Waals surface area contributed by atoms with Gasteiger partial charge in [-0.15, -0.1) is 0 Å². The Bertz CT molecular complexity index is 264. The highest BCUT2D eigenvalue weighted by Gasteiger charge is 2.27. The van der Waals surface area contributed by atoms with Gasteiger partial charge in [-0.2, -0.15) is 0 Å². The molecule has 0 N–H and O–H groups in total. The lowest BCUT2D eigenvalue weighted by molar-refractivity contribution is -0.127. The fourth-order valence-electron chi connectivity index (χ4n) is 1.73. The second-order valence-corrected chi connectivity index (χ2v) is 7.22. The molecule has 0 aliphatic rings. The molecule has 0 spiro atoms. The zero-order valence-electron chi connectivity index (χ0n) is 13.6. The van der Waals surface area contributed by atoms with E-state index < -0.39 is 0 Å². The van der Waals surface area contributed by atoms with Gasteiger partial charge < -0.3 is 4.74 Å². The number of carbonyl (C=O) groups is 1. The lowest BCUT2D eigenvalue weighted by atomic mass is 9.78. The van der Waals surface area contributed by atoms with E-state index in [0.29, 0.717) is 11.3 Å². The van der Waals surface area contributed by atoms with Crippen molar-refractivity contribution in [2.75, 3.05) is 6.61 Å². The van der Waals surface area contributed by atoms with Crippen molar-refractivity contribution in [1.29, 1.82) is 0 Å². The number of carbonyl (C=O) groups excluding carboxylic acids is 1. The van der Waals surface area contributed by atoms with Crippen LogP contribution in [0, 0.1) is 16.7 Å². The van der Waals surface area contributed by atoms with Crippen LogP contribution in [-0.4, -0.2) is 18.5 Å². The van der Waals surface area contributed by atoms with Crippen molar-refractivity contribution in [1.82, 2.24) is 0 Å². The molecule has 0 radical (unpaired) electrons. The lowest BCUT2D eigenvalue weighted by Crippen LogP contribution is -2.28. The molecule has 0 amide bonds. The summed E-state index contributed by atoms with van der Waals surface area (Å²) >= 11 is 0. The minimum Gasteiger partial charge on any atom is -0.378 e. The molecule has 0 fully saturated rings. The molecule has 0 bridgehead atoms. The van der Waals surface area contributed by atoms with Gasteiger partial charge >= 0.3 is 0 Å². The van der Waals surface area contributed by atoms with Crippen LogP contribution in [0.4, 0.5) is 0 Å². The van der Waals surface area contributed by atoms with Gasteiger partial charge in [0.2, 0.25) is 0 Å². The predicted octanol–water partition coefficient (Wildman–Crippen LogP) is 4.47. The molecule has 0 saturated carbocycles. The molecule has 0 aromatic carbocycles. The van der Waals surface area contributed by atoms with Gasteiger partial charge in [0.05, 0.1) is 6.10 Å². The Morgan fingerprint density at radius 2 is 1.61 bits per heavy atom. The van der Waals surface area contributed by atoms with E-state index in [2.05, 4.69) is 34.6 Å². The molecule has 0 aromatic heterocycles. The first kappa shape index (κ1) is 17.6. The topological polar surface area (TPSA) is 26.3 Å². The number of rotatable bonds is 8. The molecular weight excluding hydrogens is 224 g/mol. The standard InChI is InChI=1S/C16H32O2/c1-12(2)15(5,6)9-10-18-13(3)11-16(7,8)14(4)17/h12-13H,9-11H2,1-8H3. The maximum Gasteiger partial charge on any atom is 0.135 e. The van der Waals surface area contributed by atoms with Gasteiger partial charge in [-0.05, 0) is 38.0 Å². The van der Waals surface area contributed by atoms with Crippen molar-refractivity contribution in [2.45, 2.75) is 74.3 Å². The average molecular weight is 256 g/mol. The second-order valence-electron chi connectivity index (χ2n) is 7.22. The van der Waals surface area contributed by atoms with Crippen molar-refractivity contribution in [3.05, 3.63) is 0 Å². The third-order valence-electron chi connectivity index (χ3n) is 4.46. The summed E-state index contributed by atoms with van der Waals surface area (Å²) in [6.45, 7) is 17.6. The van der Waals surface area contributed by atoms with E-state index in [1.54, 1.807) is 6.92 Å². The van der Waals surface area contributed by atoms with E-state index in [4.69, 9.17) is 4.74 Å². The van der Waals surface area contributed by atoms with Crippen molar-refractivity contribution in [2.24, 2.45) is 16.7 Å². The van der Waals surface area contributed by atoms with Crippen LogP contribution in [0.25, 0.3) is 0 Å². The molecular formula is C16H32O2. The van der Waals surface area contributed by atoms with E-state index in [9.17, 15) is 4.79 Å². The minimum absolute atomic E-state index is 0.145. The third-order valence-corrected chi connectivity index (χ3v) is 4.46. The molecule has 0 aliphatic heterocycles. The van der Waals surface area contributed by atoms with E-state index in [1.165, 1.54) is 0 Å². The molecule has 0 aromatic rings. The molecule has 0 heterocycles. The van der Waals surface area contributed by atoms with Crippen molar-refractivity contribution in [3.63, 3.8) is 0 Å². The highest BCUT2D eigenvalue weighted by atomic mass is 16.5. The Kier molecular flexibility index (Phi) is 6.56. The van der Waals surface area contributed by atoms with E-state index in [0.717, 1.165) is 19.4 Å². The molecule has 0 rings (SSSR count). The first-order valence-corrected chi connectivity index (χ1v) is 7.11. The van der Waals surface area contributed by atoms with E-state index in [-0.39, 0.29) is 17.3 Å². The van der Waals surface area contributed by atoms with Gasteiger partial charge in [-0.25, -0.2) is 0 Å². The Hall–Kier alpha value is -0.370. The molecule has 0 saturated heterocycles. The van der Waals surface area contributed by atoms with Crippen LogP contribution in [0.2, 0.25) is 0 Å². The van der Waals surface area contributed by atoms with Gasteiger partial charge in [0.15, 0.2) is 0 Å². The predicted molar refractivity (Wildman–Crippen MR) is 77.7 cm³/mol. The monoisotopic (exact) mass is 256 g/mol. The highest BCUT2D eigenvalue weighted by molar-refractivity contribution is 5.81. The molecule has 0 aliphatic carbocycles. The van der Waals surface area contributed by atoms with Crippen LogP contribution in [0.15, 0.2) is 0 Å². The molecule has 1 unspecified atom stereocenters. The summed E-state index contributed by atoms with van der Waals surface area (Å²) in [7, 11) is 0.